The van der Waals surface area contributed by atoms with Crippen LogP contribution in [0.5, 0.6) is 0 Å². The fourth-order valence-electron chi connectivity index (χ4n) is 2.05. The van der Waals surface area contributed by atoms with Crippen LogP contribution in [0.4, 0.5) is 0 Å². The van der Waals surface area contributed by atoms with Gasteiger partial charge in [-0.15, -0.1) is 0 Å². The average Bonchev–Trinajstić information content (AvgIpc) is 2.98. The summed E-state index contributed by atoms with van der Waals surface area (Å²) in [5.41, 5.74) is 4.83. The minimum atomic E-state index is 0.661. The molecule has 3 aromatic rings. The van der Waals surface area contributed by atoms with E-state index in [9.17, 15) is 0 Å². The molecule has 0 saturated heterocycles. The summed E-state index contributed by atoms with van der Waals surface area (Å²) in [5, 5.41) is 16.0. The molecule has 0 saturated carbocycles. The van der Waals surface area contributed by atoms with E-state index < -0.39 is 0 Å². The fourth-order valence-corrected chi connectivity index (χ4v) is 2.05. The number of hydrogen-bond acceptors (Lipinski definition) is 2. The molecule has 90 valence electrons. The first kappa shape index (κ1) is 11.2. The highest BCUT2D eigenvalue weighted by atomic mass is 15.1. The summed E-state index contributed by atoms with van der Waals surface area (Å²) in [4.78, 5) is 0. The molecular formula is C16H11N3. The number of benzene rings is 2. The van der Waals surface area contributed by atoms with Crippen molar-refractivity contribution in [2.45, 2.75) is 0 Å². The molecule has 0 aliphatic carbocycles. The maximum absolute atomic E-state index is 8.82. The van der Waals surface area contributed by atoms with Gasteiger partial charge >= 0.3 is 0 Å². The molecule has 1 aromatic heterocycles. The predicted octanol–water partition coefficient (Wildman–Crippen LogP) is 3.62. The van der Waals surface area contributed by atoms with Crippen LogP contribution in [0.15, 0.2) is 60.8 Å². The lowest BCUT2D eigenvalue weighted by Gasteiger charge is -2.03. The van der Waals surface area contributed by atoms with Gasteiger partial charge in [0.05, 0.1) is 23.5 Å². The first-order valence-electron chi connectivity index (χ1n) is 5.98. The van der Waals surface area contributed by atoms with Gasteiger partial charge in [0.1, 0.15) is 0 Å². The molecular weight excluding hydrogens is 234 g/mol. The van der Waals surface area contributed by atoms with Crippen molar-refractivity contribution in [3.05, 3.63) is 66.4 Å². The van der Waals surface area contributed by atoms with Gasteiger partial charge in [0, 0.05) is 11.1 Å². The Hall–Kier alpha value is -2.86. The third-order valence-corrected chi connectivity index (χ3v) is 3.03. The second-order valence-corrected chi connectivity index (χ2v) is 4.21. The predicted molar refractivity (Wildman–Crippen MR) is 74.2 cm³/mol. The second-order valence-electron chi connectivity index (χ2n) is 4.21. The molecule has 0 radical (unpaired) electrons. The average molecular weight is 245 g/mol. The van der Waals surface area contributed by atoms with Gasteiger partial charge in [0.25, 0.3) is 0 Å². The summed E-state index contributed by atoms with van der Waals surface area (Å²) in [6.07, 6.45) is 1.81. The quantitative estimate of drug-likeness (QED) is 0.749. The smallest absolute Gasteiger partial charge is 0.0991 e. The highest BCUT2D eigenvalue weighted by Crippen LogP contribution is 2.29. The molecule has 1 heterocycles. The van der Waals surface area contributed by atoms with Gasteiger partial charge in [0.2, 0.25) is 0 Å². The SMILES string of the molecule is N#Cc1ccc(-c2cn[nH]c2-c2ccccc2)cc1. The summed E-state index contributed by atoms with van der Waals surface area (Å²) in [5.74, 6) is 0. The summed E-state index contributed by atoms with van der Waals surface area (Å²) in [6.45, 7) is 0. The van der Waals surface area contributed by atoms with Gasteiger partial charge in [-0.25, -0.2) is 0 Å². The topological polar surface area (TPSA) is 52.5 Å². The molecule has 0 aliphatic rings. The Morgan fingerprint density at radius 3 is 2.32 bits per heavy atom. The van der Waals surface area contributed by atoms with Crippen LogP contribution in [0, 0.1) is 11.3 Å². The van der Waals surface area contributed by atoms with E-state index in [2.05, 4.69) is 16.3 Å². The van der Waals surface area contributed by atoms with E-state index in [1.165, 1.54) is 0 Å². The Balaban J connectivity index is 2.07. The third-order valence-electron chi connectivity index (χ3n) is 3.03. The van der Waals surface area contributed by atoms with E-state index in [0.717, 1.165) is 22.4 Å². The van der Waals surface area contributed by atoms with Crippen molar-refractivity contribution < 1.29 is 0 Å². The van der Waals surface area contributed by atoms with Gasteiger partial charge in [-0.3, -0.25) is 5.10 Å². The van der Waals surface area contributed by atoms with Crippen molar-refractivity contribution in [1.29, 1.82) is 5.26 Å². The zero-order valence-electron chi connectivity index (χ0n) is 10.2. The molecule has 1 N–H and O–H groups in total. The maximum Gasteiger partial charge on any atom is 0.0991 e. The van der Waals surface area contributed by atoms with Gasteiger partial charge in [-0.2, -0.15) is 10.4 Å². The third kappa shape index (κ3) is 2.12. The summed E-state index contributed by atoms with van der Waals surface area (Å²) < 4.78 is 0. The molecule has 0 spiro atoms. The van der Waals surface area contributed by atoms with E-state index in [1.54, 1.807) is 0 Å². The summed E-state index contributed by atoms with van der Waals surface area (Å²) >= 11 is 0. The molecule has 3 heteroatoms. The number of aromatic nitrogens is 2. The summed E-state index contributed by atoms with van der Waals surface area (Å²) in [6, 6.07) is 19.7. The van der Waals surface area contributed by atoms with E-state index in [1.807, 2.05) is 60.8 Å². The zero-order chi connectivity index (χ0) is 13.1. The molecule has 2 aromatic carbocycles. The maximum atomic E-state index is 8.82. The van der Waals surface area contributed by atoms with Crippen LogP contribution in [0.1, 0.15) is 5.56 Å². The van der Waals surface area contributed by atoms with E-state index in [4.69, 9.17) is 5.26 Å². The van der Waals surface area contributed by atoms with E-state index >= 15 is 0 Å². The number of nitrogens with one attached hydrogen (secondary N) is 1. The van der Waals surface area contributed by atoms with Gasteiger partial charge in [-0.05, 0) is 17.7 Å². The molecule has 19 heavy (non-hydrogen) atoms. The molecule has 0 aliphatic heterocycles. The number of rotatable bonds is 2. The van der Waals surface area contributed by atoms with Crippen LogP contribution in [0.3, 0.4) is 0 Å². The van der Waals surface area contributed by atoms with Crippen molar-refractivity contribution in [2.75, 3.05) is 0 Å². The molecule has 3 nitrogen and oxygen atoms in total. The second kappa shape index (κ2) is 4.79. The Kier molecular flexibility index (Phi) is 2.83. The van der Waals surface area contributed by atoms with Crippen LogP contribution in [-0.4, -0.2) is 10.2 Å². The number of H-pyrrole nitrogens is 1. The molecule has 3 rings (SSSR count). The Labute approximate surface area is 111 Å². The Morgan fingerprint density at radius 2 is 1.63 bits per heavy atom. The van der Waals surface area contributed by atoms with Crippen molar-refractivity contribution in [3.8, 4) is 28.5 Å². The number of nitriles is 1. The van der Waals surface area contributed by atoms with Crippen molar-refractivity contribution >= 4 is 0 Å². The fraction of sp³-hybridized carbons (Fsp3) is 0. The molecule has 0 unspecified atom stereocenters. The van der Waals surface area contributed by atoms with E-state index in [-0.39, 0.29) is 0 Å². The highest BCUT2D eigenvalue weighted by molar-refractivity contribution is 5.80. The number of nitrogens with zero attached hydrogens (tertiary/aromatic N) is 2. The normalized spacial score (nSPS) is 10.1. The number of aromatic amines is 1. The van der Waals surface area contributed by atoms with Crippen LogP contribution >= 0.6 is 0 Å². The highest BCUT2D eigenvalue weighted by Gasteiger charge is 2.09. The first-order chi connectivity index (χ1) is 9.38. The van der Waals surface area contributed by atoms with Gasteiger partial charge < -0.3 is 0 Å². The monoisotopic (exact) mass is 245 g/mol. The minimum absolute atomic E-state index is 0.661. The lowest BCUT2D eigenvalue weighted by molar-refractivity contribution is 1.10. The molecule has 0 bridgehead atoms. The lowest BCUT2D eigenvalue weighted by atomic mass is 10.0. The standard InChI is InChI=1S/C16H11N3/c17-10-12-6-8-13(9-7-12)15-11-18-19-16(15)14-4-2-1-3-5-14/h1-9,11H,(H,18,19). The van der Waals surface area contributed by atoms with Gasteiger partial charge in [-0.1, -0.05) is 42.5 Å². The van der Waals surface area contributed by atoms with Crippen LogP contribution in [-0.2, 0) is 0 Å². The van der Waals surface area contributed by atoms with Crippen LogP contribution < -0.4 is 0 Å². The van der Waals surface area contributed by atoms with Gasteiger partial charge in [0.15, 0.2) is 0 Å². The van der Waals surface area contributed by atoms with Crippen molar-refractivity contribution in [2.24, 2.45) is 0 Å². The first-order valence-corrected chi connectivity index (χ1v) is 5.98. The van der Waals surface area contributed by atoms with Crippen LogP contribution in [0.25, 0.3) is 22.4 Å². The van der Waals surface area contributed by atoms with E-state index in [0.29, 0.717) is 5.56 Å². The Bertz CT molecular complexity index is 719. The lowest BCUT2D eigenvalue weighted by Crippen LogP contribution is -1.82. The Morgan fingerprint density at radius 1 is 0.895 bits per heavy atom. The largest absolute Gasteiger partial charge is 0.277 e. The minimum Gasteiger partial charge on any atom is -0.277 e. The number of hydrogen-bond donors (Lipinski definition) is 1. The summed E-state index contributed by atoms with van der Waals surface area (Å²) in [7, 11) is 0. The van der Waals surface area contributed by atoms with Crippen LogP contribution in [0.2, 0.25) is 0 Å². The zero-order valence-corrected chi connectivity index (χ0v) is 10.2. The molecule has 0 amide bonds. The molecule has 0 fully saturated rings. The molecule has 0 atom stereocenters. The van der Waals surface area contributed by atoms with Crippen molar-refractivity contribution in [3.63, 3.8) is 0 Å². The van der Waals surface area contributed by atoms with Crippen molar-refractivity contribution in [1.82, 2.24) is 10.2 Å².